The summed E-state index contributed by atoms with van der Waals surface area (Å²) in [4.78, 5) is 10.9. The fraction of sp³-hybridized carbons (Fsp3) is 0.375. The van der Waals surface area contributed by atoms with Gasteiger partial charge in [0.05, 0.1) is 23.5 Å². The first-order valence-corrected chi connectivity index (χ1v) is 7.42. The second-order valence-electron chi connectivity index (χ2n) is 5.33. The van der Waals surface area contributed by atoms with Crippen LogP contribution in [0.2, 0.25) is 0 Å². The maximum absolute atomic E-state index is 13.2. The van der Waals surface area contributed by atoms with Gasteiger partial charge in [-0.3, -0.25) is 0 Å². The Bertz CT molecular complexity index is 616. The van der Waals surface area contributed by atoms with Crippen molar-refractivity contribution in [3.8, 4) is 0 Å². The highest BCUT2D eigenvalue weighted by Crippen LogP contribution is 2.22. The fourth-order valence-corrected chi connectivity index (χ4v) is 2.31. The van der Waals surface area contributed by atoms with Crippen LogP contribution in [0.4, 0.5) is 10.1 Å². The summed E-state index contributed by atoms with van der Waals surface area (Å²) < 4.78 is 13.2. The van der Waals surface area contributed by atoms with E-state index in [4.69, 9.17) is 11.6 Å². The third-order valence-electron chi connectivity index (χ3n) is 3.23. The van der Waals surface area contributed by atoms with Crippen LogP contribution in [0.3, 0.4) is 0 Å². The normalized spacial score (nSPS) is 11.0. The molecule has 0 amide bonds. The minimum Gasteiger partial charge on any atom is -0.368 e. The predicted molar refractivity (Wildman–Crippen MR) is 84.2 cm³/mol. The first-order chi connectivity index (χ1) is 10.0. The number of halogens is 2. The smallest absolute Gasteiger partial charge is 0.131 e. The maximum atomic E-state index is 13.2. The quantitative estimate of drug-likeness (QED) is 0.778. The first kappa shape index (κ1) is 15.7. The number of alkyl halides is 1. The van der Waals surface area contributed by atoms with Crippen molar-refractivity contribution in [3.63, 3.8) is 0 Å². The summed E-state index contributed by atoms with van der Waals surface area (Å²) in [7, 11) is 1.93. The maximum Gasteiger partial charge on any atom is 0.131 e. The van der Waals surface area contributed by atoms with Gasteiger partial charge in [-0.1, -0.05) is 26.0 Å². The van der Waals surface area contributed by atoms with Gasteiger partial charge >= 0.3 is 0 Å². The number of aromatic nitrogens is 2. The van der Waals surface area contributed by atoms with Gasteiger partial charge < -0.3 is 4.90 Å². The minimum absolute atomic E-state index is 0.232. The van der Waals surface area contributed by atoms with Crippen molar-refractivity contribution in [2.75, 3.05) is 11.9 Å². The summed E-state index contributed by atoms with van der Waals surface area (Å²) in [6, 6.07) is 6.57. The second kappa shape index (κ2) is 6.85. The van der Waals surface area contributed by atoms with Crippen LogP contribution in [0.25, 0.3) is 0 Å². The van der Waals surface area contributed by atoms with E-state index in [1.54, 1.807) is 12.3 Å². The molecule has 0 unspecified atom stereocenters. The molecule has 1 heterocycles. The van der Waals surface area contributed by atoms with E-state index in [9.17, 15) is 4.39 Å². The molecule has 2 rings (SSSR count). The lowest BCUT2D eigenvalue weighted by Crippen LogP contribution is -2.19. The molecular formula is C16H19ClFN3. The molecular weight excluding hydrogens is 289 g/mol. The highest BCUT2D eigenvalue weighted by atomic mass is 35.5. The van der Waals surface area contributed by atoms with Crippen molar-refractivity contribution in [3.05, 3.63) is 53.4 Å². The molecule has 0 aliphatic carbocycles. The van der Waals surface area contributed by atoms with Crippen LogP contribution in [-0.4, -0.2) is 17.0 Å². The highest BCUT2D eigenvalue weighted by molar-refractivity contribution is 6.17. The molecule has 0 fully saturated rings. The summed E-state index contributed by atoms with van der Waals surface area (Å²) >= 11 is 6.00. The Morgan fingerprint density at radius 1 is 1.33 bits per heavy atom. The van der Waals surface area contributed by atoms with Crippen molar-refractivity contribution >= 4 is 17.3 Å². The molecule has 112 valence electrons. The summed E-state index contributed by atoms with van der Waals surface area (Å²) in [5, 5.41) is 0. The molecule has 0 N–H and O–H groups in total. The molecule has 0 aliphatic heterocycles. The molecule has 2 aromatic rings. The van der Waals surface area contributed by atoms with Crippen molar-refractivity contribution < 1.29 is 4.39 Å². The third kappa shape index (κ3) is 3.91. The summed E-state index contributed by atoms with van der Waals surface area (Å²) in [6.07, 6.45) is 1.79. The van der Waals surface area contributed by atoms with Crippen LogP contribution in [0.5, 0.6) is 0 Å². The Morgan fingerprint density at radius 3 is 2.71 bits per heavy atom. The van der Waals surface area contributed by atoms with Crippen molar-refractivity contribution in [1.29, 1.82) is 0 Å². The molecule has 0 radical (unpaired) electrons. The third-order valence-corrected chi connectivity index (χ3v) is 3.48. The lowest BCUT2D eigenvalue weighted by atomic mass is 10.2. The molecule has 3 nitrogen and oxygen atoms in total. The molecule has 0 bridgehead atoms. The molecule has 1 aromatic heterocycles. The Morgan fingerprint density at radius 2 is 2.10 bits per heavy atom. The summed E-state index contributed by atoms with van der Waals surface area (Å²) in [6.45, 7) is 4.67. The van der Waals surface area contributed by atoms with Crippen LogP contribution in [0.15, 0.2) is 30.5 Å². The summed E-state index contributed by atoms with van der Waals surface area (Å²) in [5.41, 5.74) is 2.57. The zero-order valence-corrected chi connectivity index (χ0v) is 13.2. The van der Waals surface area contributed by atoms with E-state index in [-0.39, 0.29) is 11.7 Å². The van der Waals surface area contributed by atoms with Gasteiger partial charge in [0, 0.05) is 19.5 Å². The lowest BCUT2D eigenvalue weighted by Gasteiger charge is -2.22. The Kier molecular flexibility index (Phi) is 5.12. The van der Waals surface area contributed by atoms with Gasteiger partial charge in [0.1, 0.15) is 11.6 Å². The zero-order valence-electron chi connectivity index (χ0n) is 12.5. The fourth-order valence-electron chi connectivity index (χ4n) is 2.12. The highest BCUT2D eigenvalue weighted by Gasteiger charge is 2.13. The zero-order chi connectivity index (χ0) is 15.4. The van der Waals surface area contributed by atoms with Crippen LogP contribution >= 0.6 is 11.6 Å². The predicted octanol–water partition coefficient (Wildman–Crippen LogP) is 4.11. The van der Waals surface area contributed by atoms with E-state index in [2.05, 4.69) is 9.97 Å². The van der Waals surface area contributed by atoms with E-state index >= 15 is 0 Å². The molecule has 0 saturated heterocycles. The average Bonchev–Trinajstić information content (AvgIpc) is 2.46. The van der Waals surface area contributed by atoms with E-state index in [1.165, 1.54) is 12.1 Å². The van der Waals surface area contributed by atoms with Crippen LogP contribution in [0, 0.1) is 5.82 Å². The molecule has 0 saturated carbocycles. The minimum atomic E-state index is -0.232. The van der Waals surface area contributed by atoms with Crippen LogP contribution < -0.4 is 4.90 Å². The van der Waals surface area contributed by atoms with E-state index in [1.807, 2.05) is 31.9 Å². The van der Waals surface area contributed by atoms with Gasteiger partial charge in [-0.25, -0.2) is 14.4 Å². The number of anilines is 1. The molecule has 1 aromatic carbocycles. The van der Waals surface area contributed by atoms with Gasteiger partial charge in [-0.2, -0.15) is 0 Å². The monoisotopic (exact) mass is 307 g/mol. The van der Waals surface area contributed by atoms with Crippen LogP contribution in [0.1, 0.15) is 36.8 Å². The van der Waals surface area contributed by atoms with E-state index in [0.29, 0.717) is 12.4 Å². The van der Waals surface area contributed by atoms with Gasteiger partial charge in [0.2, 0.25) is 0 Å². The van der Waals surface area contributed by atoms with Crippen molar-refractivity contribution in [1.82, 2.24) is 9.97 Å². The van der Waals surface area contributed by atoms with Gasteiger partial charge in [0.15, 0.2) is 0 Å². The molecule has 5 heteroatoms. The number of hydrogen-bond donors (Lipinski definition) is 0. The first-order valence-electron chi connectivity index (χ1n) is 6.88. The SMILES string of the molecule is CC(C)c1ncc(N(C)Cc2cccc(F)c2)c(CCl)n1. The van der Waals surface area contributed by atoms with Crippen molar-refractivity contribution in [2.45, 2.75) is 32.2 Å². The molecule has 0 atom stereocenters. The van der Waals surface area contributed by atoms with Gasteiger partial charge in [-0.15, -0.1) is 11.6 Å². The van der Waals surface area contributed by atoms with Crippen molar-refractivity contribution in [2.24, 2.45) is 0 Å². The lowest BCUT2D eigenvalue weighted by molar-refractivity contribution is 0.625. The molecule has 0 spiro atoms. The Balaban J connectivity index is 2.24. The van der Waals surface area contributed by atoms with Crippen LogP contribution in [-0.2, 0) is 12.4 Å². The largest absolute Gasteiger partial charge is 0.368 e. The topological polar surface area (TPSA) is 29.0 Å². The van der Waals surface area contributed by atoms with E-state index in [0.717, 1.165) is 22.8 Å². The number of benzene rings is 1. The molecule has 21 heavy (non-hydrogen) atoms. The Labute approximate surface area is 129 Å². The number of nitrogens with zero attached hydrogens (tertiary/aromatic N) is 3. The molecule has 0 aliphatic rings. The number of hydrogen-bond acceptors (Lipinski definition) is 3. The summed E-state index contributed by atoms with van der Waals surface area (Å²) in [5.74, 6) is 1.14. The van der Waals surface area contributed by atoms with Gasteiger partial charge in [0.25, 0.3) is 0 Å². The standard InChI is InChI=1S/C16H19ClFN3/c1-11(2)16-19-9-15(14(8-17)20-16)21(3)10-12-5-4-6-13(18)7-12/h4-7,9,11H,8,10H2,1-3H3. The van der Waals surface area contributed by atoms with E-state index < -0.39 is 0 Å². The average molecular weight is 308 g/mol. The second-order valence-corrected chi connectivity index (χ2v) is 5.60. The van der Waals surface area contributed by atoms with Gasteiger partial charge in [-0.05, 0) is 17.7 Å². The Hall–Kier alpha value is -1.68. The number of rotatable bonds is 5.